The van der Waals surface area contributed by atoms with Crippen molar-refractivity contribution in [1.29, 1.82) is 0 Å². The first-order valence-corrected chi connectivity index (χ1v) is 4.66. The van der Waals surface area contributed by atoms with Gasteiger partial charge in [0.2, 0.25) is 5.88 Å². The molecule has 0 radical (unpaired) electrons. The molecule has 0 spiro atoms. The molecule has 2 rings (SSSR count). The topological polar surface area (TPSA) is 33.1 Å². The molecule has 0 unspecified atom stereocenters. The number of nitrogens with zero attached hydrogens (tertiary/aromatic N) is 1. The molecule has 2 aromatic heterocycles. The lowest BCUT2D eigenvalue weighted by Gasteiger charge is -1.90. The first kappa shape index (κ1) is 7.06. The second kappa shape index (κ2) is 2.46. The highest BCUT2D eigenvalue weighted by atomic mass is 79.9. The molecule has 2 heterocycles. The third-order valence-corrected chi connectivity index (χ3v) is 3.30. The number of aromatic nitrogens is 1. The number of hydrogen-bond acceptors (Lipinski definition) is 3. The Labute approximate surface area is 75.6 Å². The van der Waals surface area contributed by atoms with Crippen molar-refractivity contribution < 1.29 is 5.11 Å². The molecule has 0 aromatic carbocycles. The van der Waals surface area contributed by atoms with E-state index in [1.54, 1.807) is 23.6 Å². The van der Waals surface area contributed by atoms with Crippen LogP contribution in [0.2, 0.25) is 0 Å². The fourth-order valence-corrected chi connectivity index (χ4v) is 2.43. The highest BCUT2D eigenvalue weighted by molar-refractivity contribution is 9.10. The molecule has 0 saturated heterocycles. The number of rotatable bonds is 0. The van der Waals surface area contributed by atoms with Crippen molar-refractivity contribution in [3.63, 3.8) is 0 Å². The van der Waals surface area contributed by atoms with Gasteiger partial charge in [-0.25, -0.2) is 4.98 Å². The maximum absolute atomic E-state index is 9.02. The minimum absolute atomic E-state index is 0.0758. The SMILES string of the molecule is Oc1cc2scc(Br)c2cn1. The molecule has 1 N–H and O–H groups in total. The average molecular weight is 230 g/mol. The van der Waals surface area contributed by atoms with Gasteiger partial charge in [0.25, 0.3) is 0 Å². The Morgan fingerprint density at radius 2 is 2.36 bits per heavy atom. The quantitative estimate of drug-likeness (QED) is 0.754. The standard InChI is InChI=1S/C7H4BrNOS/c8-5-3-11-6-1-7(10)9-2-4(5)6/h1-3H,(H,9,10). The van der Waals surface area contributed by atoms with E-state index in [1.807, 2.05) is 5.38 Å². The number of halogens is 1. The zero-order valence-electron chi connectivity index (χ0n) is 5.41. The van der Waals surface area contributed by atoms with Gasteiger partial charge in [0.1, 0.15) is 0 Å². The van der Waals surface area contributed by atoms with Gasteiger partial charge in [0, 0.05) is 32.2 Å². The van der Waals surface area contributed by atoms with Gasteiger partial charge < -0.3 is 5.11 Å². The lowest BCUT2D eigenvalue weighted by Crippen LogP contribution is -1.71. The smallest absolute Gasteiger partial charge is 0.212 e. The van der Waals surface area contributed by atoms with E-state index >= 15 is 0 Å². The van der Waals surface area contributed by atoms with Crippen molar-refractivity contribution in [2.24, 2.45) is 0 Å². The molecule has 2 aromatic rings. The van der Waals surface area contributed by atoms with E-state index in [2.05, 4.69) is 20.9 Å². The Balaban J connectivity index is 2.86. The van der Waals surface area contributed by atoms with Gasteiger partial charge in [0.15, 0.2) is 0 Å². The van der Waals surface area contributed by atoms with Crippen molar-refractivity contribution in [2.45, 2.75) is 0 Å². The van der Waals surface area contributed by atoms with Gasteiger partial charge >= 0.3 is 0 Å². The summed E-state index contributed by atoms with van der Waals surface area (Å²) in [5, 5.41) is 12.0. The van der Waals surface area contributed by atoms with Crippen LogP contribution in [0.5, 0.6) is 5.88 Å². The summed E-state index contributed by atoms with van der Waals surface area (Å²) in [6.07, 6.45) is 1.66. The zero-order chi connectivity index (χ0) is 7.84. The predicted molar refractivity (Wildman–Crippen MR) is 49.0 cm³/mol. The normalized spacial score (nSPS) is 10.6. The zero-order valence-corrected chi connectivity index (χ0v) is 7.82. The first-order chi connectivity index (χ1) is 5.27. The second-order valence-electron chi connectivity index (χ2n) is 2.12. The van der Waals surface area contributed by atoms with E-state index in [1.165, 1.54) is 0 Å². The van der Waals surface area contributed by atoms with Gasteiger partial charge in [-0.05, 0) is 15.9 Å². The van der Waals surface area contributed by atoms with E-state index in [0.29, 0.717) is 0 Å². The molecule has 0 aliphatic heterocycles. The maximum atomic E-state index is 9.02. The molecule has 0 atom stereocenters. The molecule has 0 saturated carbocycles. The largest absolute Gasteiger partial charge is 0.493 e. The summed E-state index contributed by atoms with van der Waals surface area (Å²) in [6.45, 7) is 0. The number of fused-ring (bicyclic) bond motifs is 1. The Kier molecular flexibility index (Phi) is 1.58. The van der Waals surface area contributed by atoms with Crippen LogP contribution in [0.4, 0.5) is 0 Å². The fraction of sp³-hybridized carbons (Fsp3) is 0. The van der Waals surface area contributed by atoms with Crippen molar-refractivity contribution in [2.75, 3.05) is 0 Å². The van der Waals surface area contributed by atoms with Gasteiger partial charge in [0.05, 0.1) is 0 Å². The highest BCUT2D eigenvalue weighted by Crippen LogP contribution is 2.30. The van der Waals surface area contributed by atoms with Crippen LogP contribution in [0.15, 0.2) is 22.1 Å². The number of aromatic hydroxyl groups is 1. The van der Waals surface area contributed by atoms with Crippen LogP contribution < -0.4 is 0 Å². The fourth-order valence-electron chi connectivity index (χ4n) is 0.882. The average Bonchev–Trinajstić information content (AvgIpc) is 2.32. The molecule has 0 aliphatic carbocycles. The monoisotopic (exact) mass is 229 g/mol. The van der Waals surface area contributed by atoms with Crippen LogP contribution in [0.25, 0.3) is 10.1 Å². The Bertz CT molecular complexity index is 398. The van der Waals surface area contributed by atoms with Gasteiger partial charge in [-0.3, -0.25) is 0 Å². The molecule has 0 bridgehead atoms. The molecular formula is C7H4BrNOS. The summed E-state index contributed by atoms with van der Waals surface area (Å²) in [5.41, 5.74) is 0. The predicted octanol–water partition coefficient (Wildman–Crippen LogP) is 2.76. The lowest BCUT2D eigenvalue weighted by molar-refractivity contribution is 0.455. The van der Waals surface area contributed by atoms with E-state index in [-0.39, 0.29) is 5.88 Å². The van der Waals surface area contributed by atoms with E-state index in [9.17, 15) is 0 Å². The molecule has 0 aliphatic rings. The van der Waals surface area contributed by atoms with Crippen LogP contribution in [-0.2, 0) is 0 Å². The third-order valence-electron chi connectivity index (χ3n) is 1.40. The van der Waals surface area contributed by atoms with E-state index in [0.717, 1.165) is 14.6 Å². The summed E-state index contributed by atoms with van der Waals surface area (Å²) in [4.78, 5) is 3.77. The molecule has 0 amide bonds. The minimum Gasteiger partial charge on any atom is -0.493 e. The first-order valence-electron chi connectivity index (χ1n) is 2.99. The minimum atomic E-state index is 0.0758. The summed E-state index contributed by atoms with van der Waals surface area (Å²) in [7, 11) is 0. The van der Waals surface area contributed by atoms with E-state index < -0.39 is 0 Å². The highest BCUT2D eigenvalue weighted by Gasteiger charge is 2.01. The molecular weight excluding hydrogens is 226 g/mol. The van der Waals surface area contributed by atoms with Crippen molar-refractivity contribution in [3.05, 3.63) is 22.1 Å². The lowest BCUT2D eigenvalue weighted by atomic mass is 10.3. The van der Waals surface area contributed by atoms with Crippen molar-refractivity contribution in [1.82, 2.24) is 4.98 Å². The molecule has 0 fully saturated rings. The van der Waals surface area contributed by atoms with Crippen LogP contribution in [0.3, 0.4) is 0 Å². The number of thiophene rings is 1. The molecule has 11 heavy (non-hydrogen) atoms. The van der Waals surface area contributed by atoms with Crippen LogP contribution in [-0.4, -0.2) is 10.1 Å². The van der Waals surface area contributed by atoms with Gasteiger partial charge in [-0.1, -0.05) is 0 Å². The summed E-state index contributed by atoms with van der Waals surface area (Å²) in [6, 6.07) is 1.66. The summed E-state index contributed by atoms with van der Waals surface area (Å²) in [5.74, 6) is 0.0758. The third kappa shape index (κ3) is 1.12. The number of pyridine rings is 1. The van der Waals surface area contributed by atoms with Crippen molar-refractivity contribution in [3.8, 4) is 5.88 Å². The summed E-state index contributed by atoms with van der Waals surface area (Å²) >= 11 is 4.96. The Morgan fingerprint density at radius 3 is 3.18 bits per heavy atom. The number of hydrogen-bond donors (Lipinski definition) is 1. The van der Waals surface area contributed by atoms with Gasteiger partial charge in [-0.2, -0.15) is 0 Å². The van der Waals surface area contributed by atoms with Crippen molar-refractivity contribution >= 4 is 37.4 Å². The second-order valence-corrected chi connectivity index (χ2v) is 3.89. The van der Waals surface area contributed by atoms with Crippen LogP contribution >= 0.6 is 27.3 Å². The summed E-state index contributed by atoms with van der Waals surface area (Å²) < 4.78 is 2.08. The molecule has 56 valence electrons. The van der Waals surface area contributed by atoms with Crippen LogP contribution in [0.1, 0.15) is 0 Å². The van der Waals surface area contributed by atoms with Gasteiger partial charge in [-0.15, -0.1) is 11.3 Å². The Hall–Kier alpha value is -0.610. The van der Waals surface area contributed by atoms with Crippen LogP contribution in [0, 0.1) is 0 Å². The van der Waals surface area contributed by atoms with E-state index in [4.69, 9.17) is 5.11 Å². The molecule has 2 nitrogen and oxygen atoms in total. The maximum Gasteiger partial charge on any atom is 0.212 e. The molecule has 4 heteroatoms. The Morgan fingerprint density at radius 1 is 1.55 bits per heavy atom.